The summed E-state index contributed by atoms with van der Waals surface area (Å²) in [6.45, 7) is 3.02. The van der Waals surface area contributed by atoms with Gasteiger partial charge in [-0.15, -0.1) is 0 Å². The summed E-state index contributed by atoms with van der Waals surface area (Å²) in [7, 11) is 1.88. The van der Waals surface area contributed by atoms with Gasteiger partial charge in [0.1, 0.15) is 6.23 Å². The first kappa shape index (κ1) is 18.8. The third kappa shape index (κ3) is 3.70. The molecule has 0 bridgehead atoms. The summed E-state index contributed by atoms with van der Waals surface area (Å²) in [6.07, 6.45) is 7.22. The molecule has 2 aromatic rings. The normalized spacial score (nSPS) is 22.4. The van der Waals surface area contributed by atoms with Crippen molar-refractivity contribution in [1.82, 2.24) is 24.8 Å². The Morgan fingerprint density at radius 3 is 2.86 bits per heavy atom. The number of aliphatic hydroxyl groups excluding tert-OH is 1. The molecule has 1 saturated heterocycles. The molecule has 1 aliphatic carbocycles. The maximum atomic E-state index is 12.7. The van der Waals surface area contributed by atoms with E-state index in [4.69, 9.17) is 0 Å². The molecule has 0 spiro atoms. The predicted molar refractivity (Wildman–Crippen MR) is 105 cm³/mol. The van der Waals surface area contributed by atoms with Gasteiger partial charge in [0.2, 0.25) is 5.95 Å². The van der Waals surface area contributed by atoms with Gasteiger partial charge in [0.05, 0.1) is 11.6 Å². The maximum absolute atomic E-state index is 12.7. The first-order chi connectivity index (χ1) is 13.5. The molecule has 148 valence electrons. The molecule has 1 aliphatic heterocycles. The molecule has 0 aromatic carbocycles. The van der Waals surface area contributed by atoms with Gasteiger partial charge in [0.15, 0.2) is 0 Å². The van der Waals surface area contributed by atoms with Crippen LogP contribution in [0.4, 0.5) is 5.95 Å². The molecule has 2 N–H and O–H groups in total. The summed E-state index contributed by atoms with van der Waals surface area (Å²) in [5.74, 6) is 0.454. The Kier molecular flexibility index (Phi) is 5.23. The number of fused-ring (bicyclic) bond motifs is 1. The molecular formula is C20H26N6O2. The number of amides is 1. The van der Waals surface area contributed by atoms with E-state index in [9.17, 15) is 9.90 Å². The van der Waals surface area contributed by atoms with Crippen molar-refractivity contribution in [3.8, 4) is 0 Å². The smallest absolute Gasteiger partial charge is 0.257 e. The Balaban J connectivity index is 1.38. The SMILES string of the molecule is CC(O)N(C)C1CCN(C(=O)c2cnc(NC3CCc4ncccc43)nc2)C1. The van der Waals surface area contributed by atoms with E-state index in [1.54, 1.807) is 24.2 Å². The molecule has 4 rings (SSSR count). The van der Waals surface area contributed by atoms with Crippen LogP contribution in [0.1, 0.15) is 47.4 Å². The number of hydrogen-bond acceptors (Lipinski definition) is 7. The molecule has 0 saturated carbocycles. The fourth-order valence-corrected chi connectivity index (χ4v) is 3.98. The molecule has 1 amide bonds. The van der Waals surface area contributed by atoms with E-state index in [2.05, 4.69) is 26.3 Å². The molecular weight excluding hydrogens is 356 g/mol. The highest BCUT2D eigenvalue weighted by molar-refractivity contribution is 5.93. The first-order valence-electron chi connectivity index (χ1n) is 9.74. The number of aromatic nitrogens is 3. The van der Waals surface area contributed by atoms with Gasteiger partial charge in [-0.3, -0.25) is 14.7 Å². The second kappa shape index (κ2) is 7.81. The fraction of sp³-hybridized carbons (Fsp3) is 0.500. The topological polar surface area (TPSA) is 94.5 Å². The third-order valence-corrected chi connectivity index (χ3v) is 5.79. The molecule has 2 aromatic heterocycles. The van der Waals surface area contributed by atoms with Crippen molar-refractivity contribution >= 4 is 11.9 Å². The molecule has 3 unspecified atom stereocenters. The Morgan fingerprint density at radius 1 is 1.32 bits per heavy atom. The van der Waals surface area contributed by atoms with Crippen LogP contribution in [-0.2, 0) is 6.42 Å². The van der Waals surface area contributed by atoms with Crippen LogP contribution in [0.25, 0.3) is 0 Å². The zero-order chi connectivity index (χ0) is 19.7. The highest BCUT2D eigenvalue weighted by atomic mass is 16.3. The molecule has 3 heterocycles. The number of anilines is 1. The molecule has 8 nitrogen and oxygen atoms in total. The van der Waals surface area contributed by atoms with Gasteiger partial charge in [-0.25, -0.2) is 9.97 Å². The first-order valence-corrected chi connectivity index (χ1v) is 9.74. The molecule has 2 aliphatic rings. The van der Waals surface area contributed by atoms with Crippen molar-refractivity contribution in [3.63, 3.8) is 0 Å². The summed E-state index contributed by atoms with van der Waals surface area (Å²) in [4.78, 5) is 29.5. The number of carbonyl (C=O) groups is 1. The Bertz CT molecular complexity index is 841. The van der Waals surface area contributed by atoms with Crippen LogP contribution in [0.2, 0.25) is 0 Å². The lowest BCUT2D eigenvalue weighted by Crippen LogP contribution is -2.41. The number of hydrogen-bond donors (Lipinski definition) is 2. The van der Waals surface area contributed by atoms with Crippen LogP contribution in [0.5, 0.6) is 0 Å². The maximum Gasteiger partial charge on any atom is 0.257 e. The minimum absolute atomic E-state index is 0.0662. The van der Waals surface area contributed by atoms with Crippen molar-refractivity contribution in [1.29, 1.82) is 0 Å². The molecule has 3 atom stereocenters. The zero-order valence-corrected chi connectivity index (χ0v) is 16.2. The number of nitrogens with one attached hydrogen (secondary N) is 1. The number of nitrogens with zero attached hydrogens (tertiary/aromatic N) is 5. The van der Waals surface area contributed by atoms with E-state index in [1.807, 2.05) is 24.2 Å². The summed E-state index contributed by atoms with van der Waals surface area (Å²) in [5.41, 5.74) is 2.80. The van der Waals surface area contributed by atoms with E-state index in [-0.39, 0.29) is 18.0 Å². The van der Waals surface area contributed by atoms with Crippen molar-refractivity contribution in [2.75, 3.05) is 25.5 Å². The number of aliphatic hydroxyl groups is 1. The predicted octanol–water partition coefficient (Wildman–Crippen LogP) is 1.46. The van der Waals surface area contributed by atoms with E-state index in [0.717, 1.165) is 25.0 Å². The second-order valence-electron chi connectivity index (χ2n) is 7.56. The Morgan fingerprint density at radius 2 is 2.11 bits per heavy atom. The van der Waals surface area contributed by atoms with Crippen molar-refractivity contribution in [2.45, 2.75) is 44.5 Å². The fourth-order valence-electron chi connectivity index (χ4n) is 3.98. The lowest BCUT2D eigenvalue weighted by Gasteiger charge is -2.27. The van der Waals surface area contributed by atoms with Crippen molar-refractivity contribution < 1.29 is 9.90 Å². The average Bonchev–Trinajstić information content (AvgIpc) is 3.35. The van der Waals surface area contributed by atoms with Crippen LogP contribution in [0, 0.1) is 0 Å². The summed E-state index contributed by atoms with van der Waals surface area (Å²) >= 11 is 0. The number of rotatable bonds is 5. The highest BCUT2D eigenvalue weighted by Crippen LogP contribution is 2.31. The largest absolute Gasteiger partial charge is 0.379 e. The molecule has 0 radical (unpaired) electrons. The second-order valence-corrected chi connectivity index (χ2v) is 7.56. The highest BCUT2D eigenvalue weighted by Gasteiger charge is 2.31. The Labute approximate surface area is 164 Å². The van der Waals surface area contributed by atoms with Gasteiger partial charge < -0.3 is 15.3 Å². The number of likely N-dealkylation sites (tertiary alicyclic amines) is 1. The van der Waals surface area contributed by atoms with E-state index in [1.165, 1.54) is 5.56 Å². The van der Waals surface area contributed by atoms with Crippen LogP contribution < -0.4 is 5.32 Å². The summed E-state index contributed by atoms with van der Waals surface area (Å²) < 4.78 is 0. The van der Waals surface area contributed by atoms with Gasteiger partial charge in [-0.05, 0) is 44.9 Å². The third-order valence-electron chi connectivity index (χ3n) is 5.79. The van der Waals surface area contributed by atoms with Crippen molar-refractivity contribution in [2.24, 2.45) is 0 Å². The minimum Gasteiger partial charge on any atom is -0.379 e. The van der Waals surface area contributed by atoms with Crippen LogP contribution in [0.15, 0.2) is 30.7 Å². The number of likely N-dealkylation sites (N-methyl/N-ethyl adjacent to an activating group) is 1. The average molecular weight is 382 g/mol. The zero-order valence-electron chi connectivity index (χ0n) is 16.2. The van der Waals surface area contributed by atoms with Gasteiger partial charge in [0, 0.05) is 43.4 Å². The monoisotopic (exact) mass is 382 g/mol. The van der Waals surface area contributed by atoms with Crippen molar-refractivity contribution in [3.05, 3.63) is 47.5 Å². The van der Waals surface area contributed by atoms with Gasteiger partial charge in [0.25, 0.3) is 5.91 Å². The molecule has 1 fully saturated rings. The van der Waals surface area contributed by atoms with E-state index < -0.39 is 6.23 Å². The minimum atomic E-state index is -0.523. The van der Waals surface area contributed by atoms with Gasteiger partial charge in [-0.2, -0.15) is 0 Å². The lowest BCUT2D eigenvalue weighted by atomic mass is 10.1. The lowest BCUT2D eigenvalue weighted by molar-refractivity contribution is 0.0109. The van der Waals surface area contributed by atoms with E-state index in [0.29, 0.717) is 24.6 Å². The van der Waals surface area contributed by atoms with Crippen LogP contribution >= 0.6 is 0 Å². The summed E-state index contributed by atoms with van der Waals surface area (Å²) in [6, 6.07) is 4.35. The Hall–Kier alpha value is -2.58. The molecule has 8 heteroatoms. The van der Waals surface area contributed by atoms with Gasteiger partial charge in [-0.1, -0.05) is 6.07 Å². The quantitative estimate of drug-likeness (QED) is 0.756. The van der Waals surface area contributed by atoms with Crippen LogP contribution in [-0.4, -0.2) is 68.2 Å². The van der Waals surface area contributed by atoms with Crippen LogP contribution in [0.3, 0.4) is 0 Å². The number of aryl methyl sites for hydroxylation is 1. The van der Waals surface area contributed by atoms with Gasteiger partial charge >= 0.3 is 0 Å². The number of pyridine rings is 1. The summed E-state index contributed by atoms with van der Waals surface area (Å²) in [5, 5.41) is 13.1. The standard InChI is InChI=1S/C20H26N6O2/c1-13(27)25(2)15-7-9-26(12-15)19(28)14-10-22-20(23-11-14)24-18-6-5-17-16(18)4-3-8-21-17/h3-4,8,10-11,13,15,18,27H,5-7,9,12H2,1-2H3,(H,22,23,24). The molecule has 28 heavy (non-hydrogen) atoms. The number of carbonyl (C=O) groups excluding carboxylic acids is 1. The van der Waals surface area contributed by atoms with E-state index >= 15 is 0 Å².